The van der Waals surface area contributed by atoms with E-state index in [1.165, 1.54) is 0 Å². The van der Waals surface area contributed by atoms with E-state index in [4.69, 9.17) is 9.84 Å². The maximum Gasteiger partial charge on any atom is 0.150 e. The summed E-state index contributed by atoms with van der Waals surface area (Å²) in [4.78, 5) is 0. The molecule has 0 spiro atoms. The lowest BCUT2D eigenvalue weighted by Gasteiger charge is -2.08. The van der Waals surface area contributed by atoms with Crippen LogP contribution in [0.4, 0.5) is 0 Å². The van der Waals surface area contributed by atoms with Crippen molar-refractivity contribution in [2.45, 2.75) is 6.92 Å². The summed E-state index contributed by atoms with van der Waals surface area (Å²) in [5.41, 5.74) is 1.67. The van der Waals surface area contributed by atoms with E-state index in [-0.39, 0.29) is 19.0 Å². The lowest BCUT2D eigenvalue weighted by atomic mass is 10.1. The topological polar surface area (TPSA) is 63.6 Å². The van der Waals surface area contributed by atoms with Crippen LogP contribution in [0, 0.1) is 18.8 Å². The number of hydrogen-bond donors (Lipinski definition) is 1. The smallest absolute Gasteiger partial charge is 0.150 e. The van der Waals surface area contributed by atoms with Gasteiger partial charge in [-0.3, -0.25) is 0 Å². The van der Waals surface area contributed by atoms with Crippen molar-refractivity contribution in [1.29, 1.82) is 0 Å². The fourth-order valence-corrected chi connectivity index (χ4v) is 1.69. The summed E-state index contributed by atoms with van der Waals surface area (Å²) in [6, 6.07) is 5.44. The molecule has 1 N–H and O–H groups in total. The molecule has 0 aromatic heterocycles. The molecule has 4 nitrogen and oxygen atoms in total. The van der Waals surface area contributed by atoms with Gasteiger partial charge in [0.2, 0.25) is 0 Å². The molecule has 0 aliphatic heterocycles. The van der Waals surface area contributed by atoms with E-state index in [9.17, 15) is 8.42 Å². The van der Waals surface area contributed by atoms with E-state index >= 15 is 0 Å². The second-order valence-corrected chi connectivity index (χ2v) is 6.20. The summed E-state index contributed by atoms with van der Waals surface area (Å²) in [6.45, 7) is 1.79. The van der Waals surface area contributed by atoms with Crippen LogP contribution >= 0.6 is 0 Å². The van der Waals surface area contributed by atoms with Gasteiger partial charge >= 0.3 is 0 Å². The third-order valence-corrected chi connectivity index (χ3v) is 3.06. The molecule has 0 amide bonds. The standard InChI is InChI=1S/C13H16O4S/c1-11-5-6-13(12(10-11)4-3-7-14)17-8-9-18(2,15)16/h5-6,10,14H,7-9H2,1-2H3. The van der Waals surface area contributed by atoms with Gasteiger partial charge in [-0.25, -0.2) is 8.42 Å². The van der Waals surface area contributed by atoms with Crippen LogP contribution in [0.2, 0.25) is 0 Å². The van der Waals surface area contributed by atoms with Crippen molar-refractivity contribution < 1.29 is 18.3 Å². The third kappa shape index (κ3) is 5.21. The molecule has 0 unspecified atom stereocenters. The Morgan fingerprint density at radius 1 is 1.39 bits per heavy atom. The van der Waals surface area contributed by atoms with Gasteiger partial charge in [0.25, 0.3) is 0 Å². The molecule has 0 saturated heterocycles. The first kappa shape index (κ1) is 14.6. The van der Waals surface area contributed by atoms with Crippen LogP contribution in [0.25, 0.3) is 0 Å². The van der Waals surface area contributed by atoms with Crippen molar-refractivity contribution in [3.05, 3.63) is 29.3 Å². The van der Waals surface area contributed by atoms with Crippen molar-refractivity contribution >= 4 is 9.84 Å². The molecule has 5 heteroatoms. The van der Waals surface area contributed by atoms with Crippen LogP contribution in [0.1, 0.15) is 11.1 Å². The molecule has 0 atom stereocenters. The average Bonchev–Trinajstić information content (AvgIpc) is 2.27. The average molecular weight is 268 g/mol. The minimum absolute atomic E-state index is 0.0340. The zero-order valence-electron chi connectivity index (χ0n) is 10.4. The largest absolute Gasteiger partial charge is 0.491 e. The van der Waals surface area contributed by atoms with Gasteiger partial charge in [0.15, 0.2) is 9.84 Å². The Kier molecular flexibility index (Phi) is 5.20. The number of rotatable bonds is 4. The second kappa shape index (κ2) is 6.43. The van der Waals surface area contributed by atoms with Crippen LogP contribution < -0.4 is 4.74 Å². The lowest BCUT2D eigenvalue weighted by molar-refractivity contribution is 0.340. The summed E-state index contributed by atoms with van der Waals surface area (Å²) >= 11 is 0. The summed E-state index contributed by atoms with van der Waals surface area (Å²) in [6.07, 6.45) is 1.16. The first-order valence-corrected chi connectivity index (χ1v) is 7.49. The quantitative estimate of drug-likeness (QED) is 0.819. The monoisotopic (exact) mass is 268 g/mol. The number of benzene rings is 1. The lowest BCUT2D eigenvalue weighted by Crippen LogP contribution is -2.12. The van der Waals surface area contributed by atoms with Crippen LogP contribution in [-0.4, -0.2) is 38.7 Å². The maximum atomic E-state index is 11.0. The van der Waals surface area contributed by atoms with Crippen molar-refractivity contribution in [2.75, 3.05) is 25.2 Å². The normalized spacial score (nSPS) is 10.6. The SMILES string of the molecule is Cc1ccc(OCCS(C)(=O)=O)c(C#CCO)c1. The van der Waals surface area contributed by atoms with Gasteiger partial charge in [-0.15, -0.1) is 0 Å². The Labute approximate surface area is 108 Å². The highest BCUT2D eigenvalue weighted by Crippen LogP contribution is 2.19. The van der Waals surface area contributed by atoms with Gasteiger partial charge in [0.1, 0.15) is 19.0 Å². The van der Waals surface area contributed by atoms with Crippen molar-refractivity contribution in [2.24, 2.45) is 0 Å². The number of ether oxygens (including phenoxy) is 1. The van der Waals surface area contributed by atoms with Crippen molar-refractivity contribution in [1.82, 2.24) is 0 Å². The summed E-state index contributed by atoms with van der Waals surface area (Å²) in [7, 11) is -3.03. The Hall–Kier alpha value is -1.51. The van der Waals surface area contributed by atoms with E-state index in [2.05, 4.69) is 11.8 Å². The first-order chi connectivity index (χ1) is 8.42. The van der Waals surface area contributed by atoms with Gasteiger partial charge in [-0.05, 0) is 24.6 Å². The van der Waals surface area contributed by atoms with E-state index in [0.29, 0.717) is 11.3 Å². The summed E-state index contributed by atoms with van der Waals surface area (Å²) in [5, 5.41) is 8.68. The fraction of sp³-hybridized carbons (Fsp3) is 0.385. The number of sulfone groups is 1. The van der Waals surface area contributed by atoms with E-state index in [1.54, 1.807) is 6.07 Å². The maximum absolute atomic E-state index is 11.0. The first-order valence-electron chi connectivity index (χ1n) is 5.43. The van der Waals surface area contributed by atoms with Crippen LogP contribution in [0.15, 0.2) is 18.2 Å². The molecule has 0 saturated carbocycles. The molecule has 0 fully saturated rings. The van der Waals surface area contributed by atoms with Gasteiger partial charge in [-0.2, -0.15) is 0 Å². The van der Waals surface area contributed by atoms with Crippen molar-refractivity contribution in [3.8, 4) is 17.6 Å². The summed E-state index contributed by atoms with van der Waals surface area (Å²) < 4.78 is 27.4. The fourth-order valence-electron chi connectivity index (χ4n) is 1.31. The predicted octanol–water partition coefficient (Wildman–Crippen LogP) is 0.762. The molecule has 1 aromatic carbocycles. The number of aliphatic hydroxyl groups excluding tert-OH is 1. The Morgan fingerprint density at radius 3 is 2.72 bits per heavy atom. The Bertz CT molecular complexity index is 564. The molecule has 18 heavy (non-hydrogen) atoms. The number of aryl methyl sites for hydroxylation is 1. The van der Waals surface area contributed by atoms with Gasteiger partial charge < -0.3 is 9.84 Å². The predicted molar refractivity (Wildman–Crippen MR) is 70.3 cm³/mol. The van der Waals surface area contributed by atoms with E-state index < -0.39 is 9.84 Å². The zero-order valence-corrected chi connectivity index (χ0v) is 11.3. The number of aliphatic hydroxyl groups is 1. The van der Waals surface area contributed by atoms with Gasteiger partial charge in [-0.1, -0.05) is 17.9 Å². The highest BCUT2D eigenvalue weighted by atomic mass is 32.2. The molecular formula is C13H16O4S. The summed E-state index contributed by atoms with van der Waals surface area (Å²) in [5.74, 6) is 5.82. The second-order valence-electron chi connectivity index (χ2n) is 3.94. The van der Waals surface area contributed by atoms with Crippen molar-refractivity contribution in [3.63, 3.8) is 0 Å². The zero-order chi connectivity index (χ0) is 13.6. The van der Waals surface area contributed by atoms with Gasteiger partial charge in [0.05, 0.1) is 11.3 Å². The highest BCUT2D eigenvalue weighted by Gasteiger charge is 2.05. The highest BCUT2D eigenvalue weighted by molar-refractivity contribution is 7.90. The number of hydrogen-bond acceptors (Lipinski definition) is 4. The minimum Gasteiger partial charge on any atom is -0.491 e. The molecule has 0 bridgehead atoms. The molecule has 0 aliphatic rings. The molecule has 1 aromatic rings. The van der Waals surface area contributed by atoms with Crippen LogP contribution in [-0.2, 0) is 9.84 Å². The van der Waals surface area contributed by atoms with Gasteiger partial charge in [0, 0.05) is 6.26 Å². The van der Waals surface area contributed by atoms with E-state index in [1.807, 2.05) is 19.1 Å². The molecule has 0 aliphatic carbocycles. The minimum atomic E-state index is -3.03. The molecule has 0 heterocycles. The molecule has 0 radical (unpaired) electrons. The molecular weight excluding hydrogens is 252 g/mol. The van der Waals surface area contributed by atoms with E-state index in [0.717, 1.165) is 11.8 Å². The Balaban J connectivity index is 2.81. The van der Waals surface area contributed by atoms with Crippen LogP contribution in [0.3, 0.4) is 0 Å². The third-order valence-electron chi connectivity index (χ3n) is 2.15. The Morgan fingerprint density at radius 2 is 2.11 bits per heavy atom. The van der Waals surface area contributed by atoms with Crippen LogP contribution in [0.5, 0.6) is 5.75 Å². The molecule has 1 rings (SSSR count). The molecule has 98 valence electrons.